The van der Waals surface area contributed by atoms with Gasteiger partial charge in [0.05, 0.1) is 12.9 Å². The highest BCUT2D eigenvalue weighted by atomic mass is 16.5. The Hall–Kier alpha value is -1.36. The highest BCUT2D eigenvalue weighted by Crippen LogP contribution is 2.18. The molecule has 1 saturated heterocycles. The summed E-state index contributed by atoms with van der Waals surface area (Å²) < 4.78 is 7.12. The van der Waals surface area contributed by atoms with E-state index in [-0.39, 0.29) is 12.0 Å². The number of rotatable bonds is 5. The van der Waals surface area contributed by atoms with Crippen molar-refractivity contribution in [3.8, 4) is 0 Å². The predicted molar refractivity (Wildman–Crippen MR) is 63.5 cm³/mol. The first kappa shape index (κ1) is 12.1. The average molecular weight is 237 g/mol. The quantitative estimate of drug-likeness (QED) is 0.714. The summed E-state index contributed by atoms with van der Waals surface area (Å²) in [6.07, 6.45) is 7.51. The second-order valence-corrected chi connectivity index (χ2v) is 4.25. The van der Waals surface area contributed by atoms with Gasteiger partial charge in [0, 0.05) is 25.5 Å². The zero-order valence-electron chi connectivity index (χ0n) is 10.2. The van der Waals surface area contributed by atoms with Crippen LogP contribution in [0.25, 0.3) is 0 Å². The third-order valence-corrected chi connectivity index (χ3v) is 3.13. The van der Waals surface area contributed by atoms with Gasteiger partial charge in [-0.2, -0.15) is 0 Å². The smallest absolute Gasteiger partial charge is 0.323 e. The lowest BCUT2D eigenvalue weighted by atomic mass is 10.2. The minimum atomic E-state index is -0.0735. The summed E-state index contributed by atoms with van der Waals surface area (Å²) in [5.74, 6) is -0.0735. The Balaban J connectivity index is 1.84. The summed E-state index contributed by atoms with van der Waals surface area (Å²) in [5, 5.41) is 0. The van der Waals surface area contributed by atoms with Gasteiger partial charge in [-0.15, -0.1) is 0 Å². The molecule has 17 heavy (non-hydrogen) atoms. The van der Waals surface area contributed by atoms with E-state index in [0.717, 1.165) is 32.5 Å². The van der Waals surface area contributed by atoms with Crippen LogP contribution in [-0.4, -0.2) is 46.2 Å². The first-order chi connectivity index (χ1) is 8.31. The van der Waals surface area contributed by atoms with Gasteiger partial charge >= 0.3 is 5.97 Å². The molecule has 5 heteroatoms. The van der Waals surface area contributed by atoms with Gasteiger partial charge in [0.2, 0.25) is 0 Å². The Bertz CT molecular complexity index is 351. The molecule has 1 unspecified atom stereocenters. The SMILES string of the molecule is CCOC(=O)C1CCCN1CCn1ccnc1. The molecule has 1 aromatic rings. The topological polar surface area (TPSA) is 47.4 Å². The summed E-state index contributed by atoms with van der Waals surface area (Å²) >= 11 is 0. The fraction of sp³-hybridized carbons (Fsp3) is 0.667. The number of esters is 1. The van der Waals surface area contributed by atoms with Gasteiger partial charge in [0.1, 0.15) is 6.04 Å². The standard InChI is InChI=1S/C12H19N3O2/c1-2-17-12(16)11-4-3-6-15(11)9-8-14-7-5-13-10-14/h5,7,10-11H,2-4,6,8-9H2,1H3. The van der Waals surface area contributed by atoms with E-state index in [1.54, 1.807) is 12.5 Å². The van der Waals surface area contributed by atoms with E-state index >= 15 is 0 Å². The molecule has 1 aromatic heterocycles. The lowest BCUT2D eigenvalue weighted by molar-refractivity contribution is -0.148. The number of nitrogens with zero attached hydrogens (tertiary/aromatic N) is 3. The van der Waals surface area contributed by atoms with E-state index in [4.69, 9.17) is 4.74 Å². The van der Waals surface area contributed by atoms with Crippen molar-refractivity contribution in [3.63, 3.8) is 0 Å². The minimum Gasteiger partial charge on any atom is -0.465 e. The molecule has 1 atom stereocenters. The van der Waals surface area contributed by atoms with E-state index in [1.807, 2.05) is 17.7 Å². The Kier molecular flexibility index (Phi) is 4.14. The largest absolute Gasteiger partial charge is 0.465 e. The minimum absolute atomic E-state index is 0.0431. The molecule has 0 spiro atoms. The van der Waals surface area contributed by atoms with Crippen LogP contribution in [0.2, 0.25) is 0 Å². The molecule has 2 rings (SSSR count). The van der Waals surface area contributed by atoms with Crippen molar-refractivity contribution in [3.05, 3.63) is 18.7 Å². The Morgan fingerprint density at radius 3 is 3.12 bits per heavy atom. The van der Waals surface area contributed by atoms with Crippen LogP contribution in [0.15, 0.2) is 18.7 Å². The summed E-state index contributed by atoms with van der Waals surface area (Å²) in [5.41, 5.74) is 0. The van der Waals surface area contributed by atoms with Crippen molar-refractivity contribution in [1.82, 2.24) is 14.5 Å². The molecule has 0 radical (unpaired) electrons. The predicted octanol–water partition coefficient (Wildman–Crippen LogP) is 0.911. The number of imidazole rings is 1. The molecule has 0 aromatic carbocycles. The fourth-order valence-corrected chi connectivity index (χ4v) is 2.26. The summed E-state index contributed by atoms with van der Waals surface area (Å²) in [6.45, 7) is 5.04. The number of ether oxygens (including phenoxy) is 1. The zero-order valence-corrected chi connectivity index (χ0v) is 10.2. The van der Waals surface area contributed by atoms with Gasteiger partial charge in [0.25, 0.3) is 0 Å². The van der Waals surface area contributed by atoms with E-state index < -0.39 is 0 Å². The van der Waals surface area contributed by atoms with Gasteiger partial charge < -0.3 is 9.30 Å². The zero-order chi connectivity index (χ0) is 12.1. The molecule has 0 aliphatic carbocycles. The highest BCUT2D eigenvalue weighted by Gasteiger charge is 2.31. The average Bonchev–Trinajstić information content (AvgIpc) is 2.98. The maximum absolute atomic E-state index is 11.7. The van der Waals surface area contributed by atoms with Crippen molar-refractivity contribution in [2.24, 2.45) is 0 Å². The number of hydrogen-bond acceptors (Lipinski definition) is 4. The lowest BCUT2D eigenvalue weighted by Crippen LogP contribution is -2.39. The molecular formula is C12H19N3O2. The third kappa shape index (κ3) is 3.06. The maximum atomic E-state index is 11.7. The van der Waals surface area contributed by atoms with Crippen LogP contribution in [-0.2, 0) is 16.1 Å². The van der Waals surface area contributed by atoms with Crippen LogP contribution in [0.5, 0.6) is 0 Å². The molecule has 0 N–H and O–H groups in total. The Morgan fingerprint density at radius 2 is 2.41 bits per heavy atom. The fourth-order valence-electron chi connectivity index (χ4n) is 2.26. The number of aromatic nitrogens is 2. The highest BCUT2D eigenvalue weighted by molar-refractivity contribution is 5.76. The number of carbonyl (C=O) groups is 1. The van der Waals surface area contributed by atoms with Gasteiger partial charge in [-0.05, 0) is 26.3 Å². The molecular weight excluding hydrogens is 218 g/mol. The van der Waals surface area contributed by atoms with Crippen molar-refractivity contribution in [2.45, 2.75) is 32.4 Å². The molecule has 1 aliphatic heterocycles. The third-order valence-electron chi connectivity index (χ3n) is 3.13. The summed E-state index contributed by atoms with van der Waals surface area (Å²) in [6, 6.07) is -0.0431. The molecule has 94 valence electrons. The molecule has 1 aliphatic rings. The van der Waals surface area contributed by atoms with E-state index in [2.05, 4.69) is 9.88 Å². The molecule has 1 fully saturated rings. The number of hydrogen-bond donors (Lipinski definition) is 0. The molecule has 0 bridgehead atoms. The van der Waals surface area contributed by atoms with Gasteiger partial charge in [-0.3, -0.25) is 9.69 Å². The second kappa shape index (κ2) is 5.82. The Morgan fingerprint density at radius 1 is 1.53 bits per heavy atom. The van der Waals surface area contributed by atoms with Gasteiger partial charge in [-0.1, -0.05) is 0 Å². The lowest BCUT2D eigenvalue weighted by Gasteiger charge is -2.22. The van der Waals surface area contributed by atoms with Crippen LogP contribution in [0.1, 0.15) is 19.8 Å². The van der Waals surface area contributed by atoms with E-state index in [9.17, 15) is 4.79 Å². The van der Waals surface area contributed by atoms with Crippen molar-refractivity contribution < 1.29 is 9.53 Å². The summed E-state index contributed by atoms with van der Waals surface area (Å²) in [4.78, 5) is 17.9. The first-order valence-electron chi connectivity index (χ1n) is 6.17. The molecule has 2 heterocycles. The second-order valence-electron chi connectivity index (χ2n) is 4.25. The number of carbonyl (C=O) groups excluding carboxylic acids is 1. The van der Waals surface area contributed by atoms with Crippen LogP contribution >= 0.6 is 0 Å². The monoisotopic (exact) mass is 237 g/mol. The maximum Gasteiger partial charge on any atom is 0.323 e. The number of likely N-dealkylation sites (tertiary alicyclic amines) is 1. The van der Waals surface area contributed by atoms with Crippen LogP contribution in [0.4, 0.5) is 0 Å². The first-order valence-corrected chi connectivity index (χ1v) is 6.17. The Labute approximate surface area is 101 Å². The van der Waals surface area contributed by atoms with Crippen molar-refractivity contribution >= 4 is 5.97 Å². The van der Waals surface area contributed by atoms with Gasteiger partial charge in [-0.25, -0.2) is 4.98 Å². The van der Waals surface area contributed by atoms with Crippen LogP contribution in [0.3, 0.4) is 0 Å². The van der Waals surface area contributed by atoms with Crippen molar-refractivity contribution in [2.75, 3.05) is 19.7 Å². The van der Waals surface area contributed by atoms with E-state index in [0.29, 0.717) is 6.61 Å². The molecule has 0 amide bonds. The van der Waals surface area contributed by atoms with E-state index in [1.165, 1.54) is 0 Å². The normalized spacial score (nSPS) is 20.6. The summed E-state index contributed by atoms with van der Waals surface area (Å²) in [7, 11) is 0. The van der Waals surface area contributed by atoms with Crippen molar-refractivity contribution in [1.29, 1.82) is 0 Å². The molecule has 5 nitrogen and oxygen atoms in total. The van der Waals surface area contributed by atoms with Crippen LogP contribution < -0.4 is 0 Å². The molecule has 0 saturated carbocycles. The van der Waals surface area contributed by atoms with Gasteiger partial charge in [0.15, 0.2) is 0 Å². The van der Waals surface area contributed by atoms with Crippen LogP contribution in [0, 0.1) is 0 Å².